The first-order valence-corrected chi connectivity index (χ1v) is 11.2. The van der Waals surface area contributed by atoms with Gasteiger partial charge in [-0.15, -0.1) is 0 Å². The number of carbonyl (C=O) groups excluding carboxylic acids is 1. The topological polar surface area (TPSA) is 83.3 Å². The van der Waals surface area contributed by atoms with Gasteiger partial charge in [0, 0.05) is 13.1 Å². The lowest BCUT2D eigenvalue weighted by Gasteiger charge is -2.38. The van der Waals surface area contributed by atoms with Gasteiger partial charge in [0.15, 0.2) is 0 Å². The molecular formula is C25H30FN5O2. The first-order valence-electron chi connectivity index (χ1n) is 11.2. The van der Waals surface area contributed by atoms with Crippen molar-refractivity contribution in [2.24, 2.45) is 5.92 Å². The van der Waals surface area contributed by atoms with E-state index in [1.807, 2.05) is 26.8 Å². The number of amides is 1. The zero-order valence-electron chi connectivity index (χ0n) is 19.5. The van der Waals surface area contributed by atoms with Crippen LogP contribution in [0.1, 0.15) is 48.3 Å². The van der Waals surface area contributed by atoms with Crippen LogP contribution in [0.25, 0.3) is 5.69 Å². The number of anilines is 2. The molecule has 3 heterocycles. The number of aliphatic hydroxyl groups is 1. The van der Waals surface area contributed by atoms with E-state index in [2.05, 4.69) is 20.3 Å². The summed E-state index contributed by atoms with van der Waals surface area (Å²) >= 11 is 0. The van der Waals surface area contributed by atoms with E-state index in [4.69, 9.17) is 0 Å². The van der Waals surface area contributed by atoms with Crippen LogP contribution in [-0.4, -0.2) is 44.5 Å². The van der Waals surface area contributed by atoms with E-state index in [1.54, 1.807) is 29.9 Å². The Balaban J connectivity index is 1.44. The third-order valence-electron chi connectivity index (χ3n) is 6.43. The zero-order valence-corrected chi connectivity index (χ0v) is 19.5. The van der Waals surface area contributed by atoms with Gasteiger partial charge in [0.25, 0.3) is 5.91 Å². The molecule has 33 heavy (non-hydrogen) atoms. The average molecular weight is 452 g/mol. The smallest absolute Gasteiger partial charge is 0.259 e. The number of nitrogens with one attached hydrogen (secondary N) is 1. The largest absolute Gasteiger partial charge is 0.390 e. The normalized spacial score (nSPS) is 15.0. The first kappa shape index (κ1) is 22.9. The third-order valence-corrected chi connectivity index (χ3v) is 6.43. The summed E-state index contributed by atoms with van der Waals surface area (Å²) in [6.45, 7) is 9.22. The molecule has 1 aromatic carbocycles. The molecule has 1 saturated heterocycles. The van der Waals surface area contributed by atoms with Gasteiger partial charge in [0.05, 0.1) is 40.6 Å². The maximum atomic E-state index is 13.2. The van der Waals surface area contributed by atoms with Crippen LogP contribution in [0.15, 0.2) is 42.7 Å². The van der Waals surface area contributed by atoms with Gasteiger partial charge in [0.1, 0.15) is 11.6 Å². The average Bonchev–Trinajstić information content (AvgIpc) is 3.15. The fourth-order valence-electron chi connectivity index (χ4n) is 4.44. The molecule has 7 nitrogen and oxygen atoms in total. The maximum Gasteiger partial charge on any atom is 0.259 e. The molecule has 1 fully saturated rings. The minimum atomic E-state index is -0.661. The number of hydrogen-bond donors (Lipinski definition) is 2. The van der Waals surface area contributed by atoms with Crippen molar-refractivity contribution >= 4 is 17.4 Å². The molecule has 1 amide bonds. The number of rotatable bonds is 5. The maximum absolute atomic E-state index is 13.2. The minimum Gasteiger partial charge on any atom is -0.390 e. The van der Waals surface area contributed by atoms with E-state index in [0.29, 0.717) is 22.6 Å². The summed E-state index contributed by atoms with van der Waals surface area (Å²) in [5, 5.41) is 17.5. The summed E-state index contributed by atoms with van der Waals surface area (Å²) in [6, 6.07) is 7.88. The fourth-order valence-corrected chi connectivity index (χ4v) is 4.44. The fraction of sp³-hybridized carbons (Fsp3) is 0.400. The molecule has 2 N–H and O–H groups in total. The molecule has 0 aliphatic carbocycles. The molecule has 1 aliphatic rings. The summed E-state index contributed by atoms with van der Waals surface area (Å²) in [5.74, 6) is 0.587. The Morgan fingerprint density at radius 3 is 2.42 bits per heavy atom. The van der Waals surface area contributed by atoms with Crippen LogP contribution in [-0.2, 0) is 0 Å². The van der Waals surface area contributed by atoms with Gasteiger partial charge in [-0.05, 0) is 82.3 Å². The summed E-state index contributed by atoms with van der Waals surface area (Å²) in [6.07, 6.45) is 5.01. The Morgan fingerprint density at radius 2 is 1.82 bits per heavy atom. The lowest BCUT2D eigenvalue weighted by molar-refractivity contribution is 0.00645. The molecule has 3 aromatic rings. The SMILES string of the molecule is Cc1cc(NC(=O)c2cnn(-c3ccc(F)cc3)c2C)cnc1N1CCC(C(C)(C)O)CC1. The van der Waals surface area contributed by atoms with E-state index in [1.165, 1.54) is 18.3 Å². The van der Waals surface area contributed by atoms with Crippen molar-refractivity contribution in [3.63, 3.8) is 0 Å². The monoisotopic (exact) mass is 451 g/mol. The molecule has 0 unspecified atom stereocenters. The number of carbonyl (C=O) groups is 1. The Hall–Kier alpha value is -3.26. The highest BCUT2D eigenvalue weighted by atomic mass is 19.1. The summed E-state index contributed by atoms with van der Waals surface area (Å²) in [5.41, 5.74) is 2.72. The molecular weight excluding hydrogens is 421 g/mol. The lowest BCUT2D eigenvalue weighted by atomic mass is 9.83. The quantitative estimate of drug-likeness (QED) is 0.606. The standard InChI is InChI=1S/C25H30FN5O2/c1-16-13-20(14-27-23(16)30-11-9-18(10-12-30)25(3,4)33)29-24(32)22-15-28-31(17(22)2)21-7-5-19(26)6-8-21/h5-8,13-15,18,33H,9-12H2,1-4H3,(H,29,32). The molecule has 0 atom stereocenters. The Morgan fingerprint density at radius 1 is 1.15 bits per heavy atom. The zero-order chi connectivity index (χ0) is 23.8. The van der Waals surface area contributed by atoms with E-state index in [0.717, 1.165) is 37.3 Å². The van der Waals surface area contributed by atoms with Crippen LogP contribution < -0.4 is 10.2 Å². The minimum absolute atomic E-state index is 0.277. The van der Waals surface area contributed by atoms with Crippen molar-refractivity contribution in [2.45, 2.75) is 46.1 Å². The van der Waals surface area contributed by atoms with Gasteiger partial charge >= 0.3 is 0 Å². The molecule has 174 valence electrons. The number of aromatic nitrogens is 3. The highest BCUT2D eigenvalue weighted by Crippen LogP contribution is 2.31. The van der Waals surface area contributed by atoms with Crippen molar-refractivity contribution in [3.8, 4) is 5.69 Å². The van der Waals surface area contributed by atoms with Crippen molar-refractivity contribution in [1.29, 1.82) is 0 Å². The van der Waals surface area contributed by atoms with Gasteiger partial charge in [-0.3, -0.25) is 4.79 Å². The summed E-state index contributed by atoms with van der Waals surface area (Å²) in [4.78, 5) is 19.7. The number of hydrogen-bond acceptors (Lipinski definition) is 5. The van der Waals surface area contributed by atoms with Gasteiger partial charge in [-0.1, -0.05) is 0 Å². The summed E-state index contributed by atoms with van der Waals surface area (Å²) < 4.78 is 14.8. The van der Waals surface area contributed by atoms with Crippen LogP contribution in [0.5, 0.6) is 0 Å². The van der Waals surface area contributed by atoms with E-state index < -0.39 is 5.60 Å². The van der Waals surface area contributed by atoms with E-state index in [-0.39, 0.29) is 17.6 Å². The van der Waals surface area contributed by atoms with Crippen LogP contribution >= 0.6 is 0 Å². The molecule has 0 saturated carbocycles. The predicted molar refractivity (Wildman–Crippen MR) is 126 cm³/mol. The molecule has 2 aromatic heterocycles. The number of piperidine rings is 1. The van der Waals surface area contributed by atoms with Gasteiger partial charge in [-0.2, -0.15) is 5.10 Å². The number of nitrogens with zero attached hydrogens (tertiary/aromatic N) is 4. The Bertz CT molecular complexity index is 1140. The number of aryl methyl sites for hydroxylation is 1. The Kier molecular flexibility index (Phi) is 6.21. The van der Waals surface area contributed by atoms with Crippen molar-refractivity contribution in [2.75, 3.05) is 23.3 Å². The summed E-state index contributed by atoms with van der Waals surface area (Å²) in [7, 11) is 0. The van der Waals surface area contributed by atoms with Crippen molar-refractivity contribution in [1.82, 2.24) is 14.8 Å². The van der Waals surface area contributed by atoms with Gasteiger partial charge in [0.2, 0.25) is 0 Å². The van der Waals surface area contributed by atoms with Gasteiger partial charge in [-0.25, -0.2) is 14.1 Å². The van der Waals surface area contributed by atoms with E-state index in [9.17, 15) is 14.3 Å². The molecule has 1 aliphatic heterocycles. The van der Waals surface area contributed by atoms with Crippen LogP contribution in [0.3, 0.4) is 0 Å². The van der Waals surface area contributed by atoms with Gasteiger partial charge < -0.3 is 15.3 Å². The Labute approximate surface area is 193 Å². The third kappa shape index (κ3) is 4.90. The van der Waals surface area contributed by atoms with Crippen LogP contribution in [0, 0.1) is 25.6 Å². The van der Waals surface area contributed by atoms with Crippen molar-refractivity contribution < 1.29 is 14.3 Å². The highest BCUT2D eigenvalue weighted by molar-refractivity contribution is 6.05. The molecule has 0 spiro atoms. The van der Waals surface area contributed by atoms with Crippen molar-refractivity contribution in [3.05, 3.63) is 65.4 Å². The highest BCUT2D eigenvalue weighted by Gasteiger charge is 2.31. The number of halogens is 1. The number of benzene rings is 1. The van der Waals surface area contributed by atoms with E-state index >= 15 is 0 Å². The number of pyridine rings is 1. The molecule has 4 rings (SSSR count). The second-order valence-electron chi connectivity index (χ2n) is 9.27. The lowest BCUT2D eigenvalue weighted by Crippen LogP contribution is -2.42. The first-order chi connectivity index (χ1) is 15.6. The predicted octanol–water partition coefficient (Wildman–Crippen LogP) is 4.26. The second kappa shape index (κ2) is 8.94. The van der Waals surface area contributed by atoms with Crippen LogP contribution in [0.4, 0.5) is 15.9 Å². The van der Waals surface area contributed by atoms with Crippen LogP contribution in [0.2, 0.25) is 0 Å². The second-order valence-corrected chi connectivity index (χ2v) is 9.27. The molecule has 8 heteroatoms. The molecule has 0 radical (unpaired) electrons. The molecule has 0 bridgehead atoms.